The van der Waals surface area contributed by atoms with Crippen LogP contribution < -0.4 is 4.72 Å². The van der Waals surface area contributed by atoms with Crippen molar-refractivity contribution in [1.29, 1.82) is 5.26 Å². The number of aliphatic imine (C=N–C) groups is 1. The predicted molar refractivity (Wildman–Crippen MR) is 106 cm³/mol. The van der Waals surface area contributed by atoms with Crippen LogP contribution in [0.1, 0.15) is 24.5 Å². The summed E-state index contributed by atoms with van der Waals surface area (Å²) in [7, 11) is -4.22. The van der Waals surface area contributed by atoms with Gasteiger partial charge in [0, 0.05) is 5.92 Å². The molecule has 1 heterocycles. The lowest BCUT2D eigenvalue weighted by Crippen LogP contribution is -2.31. The molecule has 2 aromatic rings. The molecule has 0 aliphatic carbocycles. The molecule has 6 nitrogen and oxygen atoms in total. The Hall–Kier alpha value is -3.02. The molecule has 148 valence electrons. The monoisotopic (exact) mass is 431 g/mol. The molecule has 0 saturated heterocycles. The minimum Gasteiger partial charge on any atom is -0.266 e. The van der Waals surface area contributed by atoms with Crippen molar-refractivity contribution in [2.45, 2.75) is 18.2 Å². The van der Waals surface area contributed by atoms with Gasteiger partial charge in [-0.3, -0.25) is 4.79 Å². The van der Waals surface area contributed by atoms with Crippen LogP contribution in [0.15, 0.2) is 64.1 Å². The van der Waals surface area contributed by atoms with Crippen molar-refractivity contribution in [3.8, 4) is 6.07 Å². The van der Waals surface area contributed by atoms with E-state index in [0.717, 1.165) is 0 Å². The molecule has 3 rings (SSSR count). The topological polar surface area (TPSA) is 99.4 Å². The molecular formula is C20H15ClFN3O3S. The highest BCUT2D eigenvalue weighted by Gasteiger charge is 2.30. The van der Waals surface area contributed by atoms with Crippen LogP contribution in [-0.4, -0.2) is 20.0 Å². The number of nitrogens with zero attached hydrogens (tertiary/aromatic N) is 2. The first-order valence-corrected chi connectivity index (χ1v) is 10.5. The van der Waals surface area contributed by atoms with Gasteiger partial charge in [-0.2, -0.15) is 5.26 Å². The number of hydrogen-bond donors (Lipinski definition) is 1. The quantitative estimate of drug-likeness (QED) is 0.782. The molecule has 1 unspecified atom stereocenters. The second-order valence-electron chi connectivity index (χ2n) is 6.20. The number of rotatable bonds is 5. The zero-order valence-corrected chi connectivity index (χ0v) is 16.8. The first-order valence-electron chi connectivity index (χ1n) is 8.59. The number of halogens is 2. The molecule has 1 amide bonds. The van der Waals surface area contributed by atoms with E-state index < -0.39 is 27.7 Å². The van der Waals surface area contributed by atoms with Gasteiger partial charge < -0.3 is 0 Å². The molecule has 1 atom stereocenters. The molecule has 2 aromatic carbocycles. The van der Waals surface area contributed by atoms with Crippen molar-refractivity contribution in [2.24, 2.45) is 10.9 Å². The number of hydrogen-bond acceptors (Lipinski definition) is 5. The van der Waals surface area contributed by atoms with Gasteiger partial charge in [0.2, 0.25) is 0 Å². The molecule has 0 aromatic heterocycles. The summed E-state index contributed by atoms with van der Waals surface area (Å²) >= 11 is 5.91. The van der Waals surface area contributed by atoms with Crippen LogP contribution >= 0.6 is 11.6 Å². The maximum atomic E-state index is 14.4. The van der Waals surface area contributed by atoms with E-state index in [4.69, 9.17) is 11.6 Å². The van der Waals surface area contributed by atoms with E-state index in [9.17, 15) is 22.9 Å². The molecule has 1 aliphatic rings. The van der Waals surface area contributed by atoms with E-state index in [2.05, 4.69) is 4.99 Å². The van der Waals surface area contributed by atoms with Gasteiger partial charge in [0.15, 0.2) is 0 Å². The Morgan fingerprint density at radius 1 is 1.28 bits per heavy atom. The van der Waals surface area contributed by atoms with Crippen molar-refractivity contribution >= 4 is 33.2 Å². The van der Waals surface area contributed by atoms with E-state index in [1.54, 1.807) is 6.07 Å². The molecule has 0 fully saturated rings. The van der Waals surface area contributed by atoms with Crippen LogP contribution in [0.2, 0.25) is 5.02 Å². The fourth-order valence-corrected chi connectivity index (χ4v) is 4.45. The standard InChI is InChI=1S/C20H15ClFN3O3S/c1-2-12-10-16(24-19(12)18-13(11-23)6-5-8-15(18)22)20(26)25-29(27,28)17-9-4-3-7-14(17)21/h3-10,12H,2H2,1H3,(H,25,26). The van der Waals surface area contributed by atoms with E-state index in [0.29, 0.717) is 6.42 Å². The Balaban J connectivity index is 1.95. The van der Waals surface area contributed by atoms with Gasteiger partial charge >= 0.3 is 0 Å². The molecule has 0 saturated carbocycles. The van der Waals surface area contributed by atoms with Crippen LogP contribution in [0.3, 0.4) is 0 Å². The molecule has 0 bridgehead atoms. The molecule has 1 N–H and O–H groups in total. The van der Waals surface area contributed by atoms with Crippen LogP contribution in [0.25, 0.3) is 0 Å². The molecule has 0 spiro atoms. The number of carbonyl (C=O) groups is 1. The van der Waals surface area contributed by atoms with Crippen LogP contribution in [0.5, 0.6) is 0 Å². The highest BCUT2D eigenvalue weighted by atomic mass is 35.5. The lowest BCUT2D eigenvalue weighted by Gasteiger charge is -2.11. The Kier molecular flexibility index (Phi) is 5.82. The van der Waals surface area contributed by atoms with Crippen molar-refractivity contribution in [3.05, 3.63) is 76.2 Å². The molecule has 29 heavy (non-hydrogen) atoms. The Morgan fingerprint density at radius 2 is 2.00 bits per heavy atom. The zero-order chi connectivity index (χ0) is 21.2. The minimum atomic E-state index is -4.22. The fraction of sp³-hybridized carbons (Fsp3) is 0.150. The van der Waals surface area contributed by atoms with Gasteiger partial charge in [0.1, 0.15) is 16.4 Å². The highest BCUT2D eigenvalue weighted by Crippen LogP contribution is 2.28. The average Bonchev–Trinajstić information content (AvgIpc) is 3.11. The second kappa shape index (κ2) is 8.15. The third-order valence-corrected chi connectivity index (χ3v) is 6.20. The third-order valence-electron chi connectivity index (χ3n) is 4.37. The maximum Gasteiger partial charge on any atom is 0.283 e. The predicted octanol–water partition coefficient (Wildman–Crippen LogP) is 3.57. The van der Waals surface area contributed by atoms with Crippen LogP contribution in [0, 0.1) is 23.1 Å². The number of allylic oxidation sites excluding steroid dienone is 1. The molecule has 9 heteroatoms. The van der Waals surface area contributed by atoms with Crippen LogP contribution in [0.4, 0.5) is 4.39 Å². The summed E-state index contributed by atoms with van der Waals surface area (Å²) in [6.45, 7) is 1.81. The van der Waals surface area contributed by atoms with Gasteiger partial charge in [-0.25, -0.2) is 22.5 Å². The number of nitrogens with one attached hydrogen (secondary N) is 1. The lowest BCUT2D eigenvalue weighted by molar-refractivity contribution is -0.115. The van der Waals surface area contributed by atoms with E-state index in [-0.39, 0.29) is 32.5 Å². The Morgan fingerprint density at radius 3 is 2.66 bits per heavy atom. The number of benzene rings is 2. The Labute approximate surface area is 172 Å². The number of nitriles is 1. The largest absolute Gasteiger partial charge is 0.283 e. The fourth-order valence-electron chi connectivity index (χ4n) is 2.97. The summed E-state index contributed by atoms with van der Waals surface area (Å²) < 4.78 is 41.3. The lowest BCUT2D eigenvalue weighted by atomic mass is 9.92. The SMILES string of the molecule is CCC1C=C(C(=O)NS(=O)(=O)c2ccccc2Cl)N=C1c1c(F)cccc1C#N. The number of carbonyl (C=O) groups excluding carboxylic acids is 1. The number of amides is 1. The molecular weight excluding hydrogens is 417 g/mol. The van der Waals surface area contributed by atoms with Crippen LogP contribution in [-0.2, 0) is 14.8 Å². The van der Waals surface area contributed by atoms with Gasteiger partial charge in [0.05, 0.1) is 27.9 Å². The summed E-state index contributed by atoms with van der Waals surface area (Å²) in [5.41, 5.74) is 0.132. The number of sulfonamides is 1. The molecule has 0 radical (unpaired) electrons. The summed E-state index contributed by atoms with van der Waals surface area (Å²) in [4.78, 5) is 16.5. The maximum absolute atomic E-state index is 14.4. The molecule has 1 aliphatic heterocycles. The summed E-state index contributed by atoms with van der Waals surface area (Å²) in [6, 6.07) is 11.7. The normalized spacial score (nSPS) is 16.0. The van der Waals surface area contributed by atoms with Crippen molar-refractivity contribution in [3.63, 3.8) is 0 Å². The summed E-state index contributed by atoms with van der Waals surface area (Å²) in [6.07, 6.45) is 1.94. The van der Waals surface area contributed by atoms with E-state index >= 15 is 0 Å². The van der Waals surface area contributed by atoms with Crippen molar-refractivity contribution in [2.75, 3.05) is 0 Å². The average molecular weight is 432 g/mol. The van der Waals surface area contributed by atoms with E-state index in [1.165, 1.54) is 42.5 Å². The van der Waals surface area contributed by atoms with Gasteiger partial charge in [0.25, 0.3) is 15.9 Å². The second-order valence-corrected chi connectivity index (χ2v) is 8.26. The zero-order valence-electron chi connectivity index (χ0n) is 15.2. The Bertz CT molecular complexity index is 1200. The first-order chi connectivity index (χ1) is 13.8. The first kappa shape index (κ1) is 20.7. The van der Waals surface area contributed by atoms with E-state index in [1.807, 2.05) is 17.7 Å². The highest BCUT2D eigenvalue weighted by molar-refractivity contribution is 7.90. The van der Waals surface area contributed by atoms with Gasteiger partial charge in [-0.1, -0.05) is 36.7 Å². The minimum absolute atomic E-state index is 0.00913. The van der Waals surface area contributed by atoms with Crippen molar-refractivity contribution in [1.82, 2.24) is 4.72 Å². The summed E-state index contributed by atoms with van der Waals surface area (Å²) in [5.74, 6) is -2.05. The smallest absolute Gasteiger partial charge is 0.266 e. The summed E-state index contributed by atoms with van der Waals surface area (Å²) in [5, 5.41) is 9.25. The third kappa shape index (κ3) is 4.06. The van der Waals surface area contributed by atoms with Gasteiger partial charge in [-0.15, -0.1) is 0 Å². The van der Waals surface area contributed by atoms with Gasteiger partial charge in [-0.05, 0) is 36.8 Å². The van der Waals surface area contributed by atoms with Crippen molar-refractivity contribution < 1.29 is 17.6 Å².